The summed E-state index contributed by atoms with van der Waals surface area (Å²) >= 11 is 3.38. The summed E-state index contributed by atoms with van der Waals surface area (Å²) in [5, 5.41) is 21.6. The first kappa shape index (κ1) is 16.0. The van der Waals surface area contributed by atoms with Crippen LogP contribution in [0.2, 0.25) is 0 Å². The molecule has 5 heteroatoms. The van der Waals surface area contributed by atoms with Gasteiger partial charge >= 0.3 is 0 Å². The third-order valence-corrected chi connectivity index (χ3v) is 3.04. The lowest BCUT2D eigenvalue weighted by atomic mass is 10.2. The highest BCUT2D eigenvalue weighted by Gasteiger charge is 2.07. The second-order valence-corrected chi connectivity index (χ2v) is 5.63. The number of hydrogen-bond acceptors (Lipinski definition) is 4. The van der Waals surface area contributed by atoms with Gasteiger partial charge in [-0.05, 0) is 40.0 Å². The van der Waals surface area contributed by atoms with Gasteiger partial charge < -0.3 is 15.2 Å². The number of aliphatic hydroxyl groups excluding tert-OH is 1. The summed E-state index contributed by atoms with van der Waals surface area (Å²) < 4.78 is 6.17. The van der Waals surface area contributed by atoms with Gasteiger partial charge in [-0.15, -0.1) is 0 Å². The Bertz CT molecular complexity index is 444. The first-order chi connectivity index (χ1) is 9.02. The van der Waals surface area contributed by atoms with Crippen LogP contribution in [0.4, 0.5) is 5.69 Å². The molecule has 0 heterocycles. The van der Waals surface area contributed by atoms with Crippen LogP contribution in [0.3, 0.4) is 0 Å². The fourth-order valence-electron chi connectivity index (χ4n) is 1.45. The van der Waals surface area contributed by atoms with Crippen LogP contribution in [0.1, 0.15) is 19.4 Å². The van der Waals surface area contributed by atoms with Crippen molar-refractivity contribution in [2.24, 2.45) is 5.92 Å². The van der Waals surface area contributed by atoms with Crippen LogP contribution in [0.25, 0.3) is 0 Å². The Morgan fingerprint density at radius 1 is 1.42 bits per heavy atom. The molecule has 2 N–H and O–H groups in total. The second kappa shape index (κ2) is 8.16. The highest BCUT2D eigenvalue weighted by Crippen LogP contribution is 2.23. The van der Waals surface area contributed by atoms with E-state index in [0.29, 0.717) is 31.2 Å². The highest BCUT2D eigenvalue weighted by atomic mass is 79.9. The molecule has 1 aromatic rings. The molecule has 1 atom stereocenters. The number of anilines is 1. The number of hydrogen-bond donors (Lipinski definition) is 2. The maximum absolute atomic E-state index is 9.76. The van der Waals surface area contributed by atoms with E-state index in [-0.39, 0.29) is 0 Å². The smallest absolute Gasteiger partial charge is 0.0992 e. The number of halogens is 1. The minimum atomic E-state index is -0.554. The molecule has 4 nitrogen and oxygen atoms in total. The van der Waals surface area contributed by atoms with E-state index in [1.165, 1.54) is 0 Å². The maximum atomic E-state index is 9.76. The SMILES string of the molecule is CC(C)COCC(O)CNc1ccc(C#N)cc1Br. The number of nitrogens with zero attached hydrogens (tertiary/aromatic N) is 1. The standard InChI is InChI=1S/C14H19BrN2O2/c1-10(2)8-19-9-12(18)7-17-14-4-3-11(6-16)5-13(14)15/h3-5,10,12,17-18H,7-9H2,1-2H3. The minimum absolute atomic E-state index is 0.319. The summed E-state index contributed by atoms with van der Waals surface area (Å²) in [5.74, 6) is 0.466. The van der Waals surface area contributed by atoms with E-state index >= 15 is 0 Å². The molecule has 0 amide bonds. The molecule has 0 radical (unpaired) electrons. The van der Waals surface area contributed by atoms with Crippen LogP contribution < -0.4 is 5.32 Å². The second-order valence-electron chi connectivity index (χ2n) is 4.77. The monoisotopic (exact) mass is 326 g/mol. The molecule has 1 aromatic carbocycles. The Balaban J connectivity index is 2.38. The van der Waals surface area contributed by atoms with Gasteiger partial charge in [-0.3, -0.25) is 0 Å². The molecule has 0 saturated heterocycles. The Labute approximate surface area is 122 Å². The summed E-state index contributed by atoms with van der Waals surface area (Å²) in [6.07, 6.45) is -0.554. The highest BCUT2D eigenvalue weighted by molar-refractivity contribution is 9.10. The van der Waals surface area contributed by atoms with Crippen molar-refractivity contribution in [2.45, 2.75) is 20.0 Å². The van der Waals surface area contributed by atoms with Crippen molar-refractivity contribution >= 4 is 21.6 Å². The van der Waals surface area contributed by atoms with E-state index in [2.05, 4.69) is 41.2 Å². The van der Waals surface area contributed by atoms with Gasteiger partial charge in [-0.2, -0.15) is 5.26 Å². The summed E-state index contributed by atoms with van der Waals surface area (Å²) in [5.41, 5.74) is 1.44. The maximum Gasteiger partial charge on any atom is 0.0992 e. The van der Waals surface area contributed by atoms with Gasteiger partial charge in [0.25, 0.3) is 0 Å². The normalized spacial score (nSPS) is 12.2. The first-order valence-corrected chi connectivity index (χ1v) is 7.01. The average Bonchev–Trinajstić information content (AvgIpc) is 2.36. The van der Waals surface area contributed by atoms with Crippen molar-refractivity contribution in [1.29, 1.82) is 5.26 Å². The van der Waals surface area contributed by atoms with Crippen LogP contribution in [0.5, 0.6) is 0 Å². The number of benzene rings is 1. The summed E-state index contributed by atoms with van der Waals surface area (Å²) in [7, 11) is 0. The molecule has 0 saturated carbocycles. The van der Waals surface area contributed by atoms with Crippen molar-refractivity contribution in [2.75, 3.05) is 25.1 Å². The number of aliphatic hydroxyl groups is 1. The molecule has 0 spiro atoms. The third kappa shape index (κ3) is 6.06. The van der Waals surface area contributed by atoms with Gasteiger partial charge in [-0.1, -0.05) is 13.8 Å². The van der Waals surface area contributed by atoms with Gasteiger partial charge in [0.1, 0.15) is 0 Å². The van der Waals surface area contributed by atoms with E-state index in [1.54, 1.807) is 12.1 Å². The van der Waals surface area contributed by atoms with E-state index in [0.717, 1.165) is 10.2 Å². The van der Waals surface area contributed by atoms with Crippen LogP contribution in [0.15, 0.2) is 22.7 Å². The Hall–Kier alpha value is -1.09. The van der Waals surface area contributed by atoms with Gasteiger partial charge in [0.2, 0.25) is 0 Å². The van der Waals surface area contributed by atoms with Crippen molar-refractivity contribution < 1.29 is 9.84 Å². The van der Waals surface area contributed by atoms with Crippen molar-refractivity contribution in [3.63, 3.8) is 0 Å². The van der Waals surface area contributed by atoms with Crippen LogP contribution in [-0.4, -0.2) is 31.0 Å². The van der Waals surface area contributed by atoms with Gasteiger partial charge in [0.15, 0.2) is 0 Å². The van der Waals surface area contributed by atoms with E-state index in [4.69, 9.17) is 10.00 Å². The molecule has 1 unspecified atom stereocenters. The number of ether oxygens (including phenoxy) is 1. The Morgan fingerprint density at radius 2 is 2.16 bits per heavy atom. The van der Waals surface area contributed by atoms with Gasteiger partial charge in [0, 0.05) is 23.3 Å². The molecule has 0 aliphatic carbocycles. The predicted molar refractivity (Wildman–Crippen MR) is 79.0 cm³/mol. The zero-order chi connectivity index (χ0) is 14.3. The topological polar surface area (TPSA) is 65.3 Å². The molecule has 0 aromatic heterocycles. The molecule has 19 heavy (non-hydrogen) atoms. The lowest BCUT2D eigenvalue weighted by Crippen LogP contribution is -2.25. The predicted octanol–water partition coefficient (Wildman–Crippen LogP) is 2.77. The molecule has 0 aliphatic heterocycles. The minimum Gasteiger partial charge on any atom is -0.389 e. The van der Waals surface area contributed by atoms with Crippen LogP contribution in [-0.2, 0) is 4.74 Å². The quantitative estimate of drug-likeness (QED) is 0.808. The number of nitriles is 1. The van der Waals surface area contributed by atoms with Gasteiger partial charge in [0.05, 0.1) is 24.3 Å². The zero-order valence-electron chi connectivity index (χ0n) is 11.2. The molecular weight excluding hydrogens is 308 g/mol. The summed E-state index contributed by atoms with van der Waals surface area (Å²) in [6.45, 7) is 5.51. The summed E-state index contributed by atoms with van der Waals surface area (Å²) in [4.78, 5) is 0. The van der Waals surface area contributed by atoms with Gasteiger partial charge in [-0.25, -0.2) is 0 Å². The van der Waals surface area contributed by atoms with Crippen LogP contribution >= 0.6 is 15.9 Å². The number of nitrogens with one attached hydrogen (secondary N) is 1. The average molecular weight is 327 g/mol. The molecule has 1 rings (SSSR count). The van der Waals surface area contributed by atoms with E-state index in [1.807, 2.05) is 6.07 Å². The molecule has 104 valence electrons. The lowest BCUT2D eigenvalue weighted by Gasteiger charge is -2.15. The molecule has 0 aliphatic rings. The fraction of sp³-hybridized carbons (Fsp3) is 0.500. The Kier molecular flexibility index (Phi) is 6.85. The molecule has 0 fully saturated rings. The van der Waals surface area contributed by atoms with Crippen molar-refractivity contribution in [3.05, 3.63) is 28.2 Å². The lowest BCUT2D eigenvalue weighted by molar-refractivity contribution is 0.0318. The molecule has 0 bridgehead atoms. The zero-order valence-corrected chi connectivity index (χ0v) is 12.8. The summed E-state index contributed by atoms with van der Waals surface area (Å²) in [6, 6.07) is 7.35. The molecular formula is C14H19BrN2O2. The van der Waals surface area contributed by atoms with E-state index in [9.17, 15) is 5.11 Å². The van der Waals surface area contributed by atoms with Crippen LogP contribution in [0, 0.1) is 17.2 Å². The van der Waals surface area contributed by atoms with Crippen molar-refractivity contribution in [1.82, 2.24) is 0 Å². The fourth-order valence-corrected chi connectivity index (χ4v) is 1.97. The third-order valence-electron chi connectivity index (χ3n) is 2.39. The number of rotatable bonds is 7. The largest absolute Gasteiger partial charge is 0.389 e. The van der Waals surface area contributed by atoms with Crippen molar-refractivity contribution in [3.8, 4) is 6.07 Å². The van der Waals surface area contributed by atoms with E-state index < -0.39 is 6.10 Å². The Morgan fingerprint density at radius 3 is 2.74 bits per heavy atom. The first-order valence-electron chi connectivity index (χ1n) is 6.22.